The van der Waals surface area contributed by atoms with Crippen LogP contribution in [0.3, 0.4) is 0 Å². The third-order valence-corrected chi connectivity index (χ3v) is 5.66. The number of aromatic nitrogens is 3. The third-order valence-electron chi connectivity index (χ3n) is 4.11. The highest BCUT2D eigenvalue weighted by Gasteiger charge is 2.26. The van der Waals surface area contributed by atoms with Crippen LogP contribution in [0, 0.1) is 24.0 Å². The van der Waals surface area contributed by atoms with Crippen molar-refractivity contribution in [3.8, 4) is 11.6 Å². The molecule has 0 bridgehead atoms. The summed E-state index contributed by atoms with van der Waals surface area (Å²) in [6.07, 6.45) is 1.20. The molecule has 0 spiro atoms. The van der Waals surface area contributed by atoms with E-state index in [1.54, 1.807) is 12.1 Å². The van der Waals surface area contributed by atoms with Gasteiger partial charge in [-0.25, -0.2) is 9.97 Å². The monoisotopic (exact) mass is 427 g/mol. The molecular formula is C19H14ClN5O3S. The maximum absolute atomic E-state index is 11.8. The number of hydrogen-bond donors (Lipinski definition) is 1. The van der Waals surface area contributed by atoms with Gasteiger partial charge in [0.15, 0.2) is 5.13 Å². The molecule has 4 rings (SSSR count). The van der Waals surface area contributed by atoms with Gasteiger partial charge in [0, 0.05) is 5.02 Å². The fraction of sp³-hybridized carbons (Fsp3) is 0.105. The standard InChI is InChI=1S/C19H14ClN5O3S/c1-10-7-12(8-11(2)15(10)20)28-18-16(25(26)27)17(21-9-22-18)24-19-23-13-5-3-4-6-14(13)29-19/h3-9H,1-2H3,(H,21,22,23,24). The average Bonchev–Trinajstić information content (AvgIpc) is 3.08. The van der Waals surface area contributed by atoms with E-state index < -0.39 is 4.92 Å². The molecule has 8 nitrogen and oxygen atoms in total. The van der Waals surface area contributed by atoms with Crippen molar-refractivity contribution >= 4 is 49.8 Å². The van der Waals surface area contributed by atoms with E-state index >= 15 is 0 Å². The summed E-state index contributed by atoms with van der Waals surface area (Å²) < 4.78 is 6.67. The Morgan fingerprint density at radius 1 is 1.17 bits per heavy atom. The second-order valence-corrected chi connectivity index (χ2v) is 7.63. The molecule has 0 aliphatic rings. The number of fused-ring (bicyclic) bond motifs is 1. The molecule has 146 valence electrons. The van der Waals surface area contributed by atoms with Gasteiger partial charge in [-0.2, -0.15) is 4.98 Å². The molecule has 1 N–H and O–H groups in total. The lowest BCUT2D eigenvalue weighted by Crippen LogP contribution is -2.03. The number of para-hydroxylation sites is 1. The van der Waals surface area contributed by atoms with E-state index in [-0.39, 0.29) is 17.4 Å². The Morgan fingerprint density at radius 3 is 2.59 bits per heavy atom. The fourth-order valence-corrected chi connectivity index (χ4v) is 3.77. The molecule has 0 saturated heterocycles. The topological polar surface area (TPSA) is 103 Å². The lowest BCUT2D eigenvalue weighted by Gasteiger charge is -2.10. The zero-order valence-corrected chi connectivity index (χ0v) is 16.9. The first kappa shape index (κ1) is 19.0. The number of ether oxygens (including phenoxy) is 1. The smallest absolute Gasteiger partial charge is 0.373 e. The number of hydrogen-bond acceptors (Lipinski definition) is 8. The van der Waals surface area contributed by atoms with Gasteiger partial charge in [-0.3, -0.25) is 10.1 Å². The summed E-state index contributed by atoms with van der Waals surface area (Å²) in [7, 11) is 0. The molecule has 2 aromatic carbocycles. The minimum Gasteiger partial charge on any atom is -0.434 e. The van der Waals surface area contributed by atoms with Gasteiger partial charge < -0.3 is 10.1 Å². The average molecular weight is 428 g/mol. The number of anilines is 2. The Bertz CT molecular complexity index is 1190. The summed E-state index contributed by atoms with van der Waals surface area (Å²) in [4.78, 5) is 23.6. The summed E-state index contributed by atoms with van der Waals surface area (Å²) in [6.45, 7) is 3.66. The lowest BCUT2D eigenvalue weighted by molar-refractivity contribution is -0.385. The van der Waals surface area contributed by atoms with Crippen molar-refractivity contribution in [2.45, 2.75) is 13.8 Å². The number of thiazole rings is 1. The van der Waals surface area contributed by atoms with E-state index in [0.717, 1.165) is 21.3 Å². The van der Waals surface area contributed by atoms with Gasteiger partial charge in [-0.15, -0.1) is 0 Å². The number of nitrogens with zero attached hydrogens (tertiary/aromatic N) is 4. The van der Waals surface area contributed by atoms with Crippen molar-refractivity contribution in [1.82, 2.24) is 15.0 Å². The van der Waals surface area contributed by atoms with Crippen molar-refractivity contribution in [2.75, 3.05) is 5.32 Å². The zero-order chi connectivity index (χ0) is 20.5. The predicted octanol–water partition coefficient (Wildman–Crippen LogP) is 5.80. The molecule has 0 saturated carbocycles. The first-order valence-corrected chi connectivity index (χ1v) is 9.68. The number of aryl methyl sites for hydroxylation is 2. The zero-order valence-electron chi connectivity index (χ0n) is 15.3. The number of benzene rings is 2. The molecule has 0 amide bonds. The van der Waals surface area contributed by atoms with E-state index in [2.05, 4.69) is 20.3 Å². The number of rotatable bonds is 5. The van der Waals surface area contributed by atoms with Crippen LogP contribution in [-0.2, 0) is 0 Å². The highest BCUT2D eigenvalue weighted by Crippen LogP contribution is 2.38. The Morgan fingerprint density at radius 2 is 1.90 bits per heavy atom. The summed E-state index contributed by atoms with van der Waals surface area (Å²) in [5.74, 6) is 0.230. The van der Waals surface area contributed by atoms with Crippen LogP contribution in [-0.4, -0.2) is 19.9 Å². The van der Waals surface area contributed by atoms with Gasteiger partial charge >= 0.3 is 11.6 Å². The highest BCUT2D eigenvalue weighted by atomic mass is 35.5. The van der Waals surface area contributed by atoms with E-state index in [0.29, 0.717) is 15.9 Å². The highest BCUT2D eigenvalue weighted by molar-refractivity contribution is 7.22. The first-order valence-electron chi connectivity index (χ1n) is 8.49. The third kappa shape index (κ3) is 3.82. The SMILES string of the molecule is Cc1cc(Oc2ncnc(Nc3nc4ccccc4s3)c2[N+](=O)[O-])cc(C)c1Cl. The van der Waals surface area contributed by atoms with Crippen molar-refractivity contribution in [1.29, 1.82) is 0 Å². The molecular weight excluding hydrogens is 414 g/mol. The van der Waals surface area contributed by atoms with Crippen LogP contribution in [0.15, 0.2) is 42.7 Å². The van der Waals surface area contributed by atoms with Crippen LogP contribution in [0.5, 0.6) is 11.6 Å². The minimum absolute atomic E-state index is 0.00136. The second kappa shape index (κ2) is 7.61. The largest absolute Gasteiger partial charge is 0.434 e. The van der Waals surface area contributed by atoms with Crippen LogP contribution in [0.1, 0.15) is 11.1 Å². The predicted molar refractivity (Wildman–Crippen MR) is 113 cm³/mol. The van der Waals surface area contributed by atoms with Crippen molar-refractivity contribution in [3.63, 3.8) is 0 Å². The molecule has 0 aliphatic heterocycles. The number of halogens is 1. The van der Waals surface area contributed by atoms with E-state index in [1.807, 2.05) is 38.1 Å². The number of nitrogens with one attached hydrogen (secondary N) is 1. The van der Waals surface area contributed by atoms with Gasteiger partial charge in [-0.1, -0.05) is 35.1 Å². The molecule has 4 aromatic rings. The van der Waals surface area contributed by atoms with Crippen molar-refractivity contribution < 1.29 is 9.66 Å². The second-order valence-electron chi connectivity index (χ2n) is 6.22. The van der Waals surface area contributed by atoms with Crippen LogP contribution >= 0.6 is 22.9 Å². The van der Waals surface area contributed by atoms with Gasteiger partial charge in [-0.05, 0) is 49.2 Å². The van der Waals surface area contributed by atoms with Gasteiger partial charge in [0.1, 0.15) is 12.1 Å². The van der Waals surface area contributed by atoms with Crippen molar-refractivity contribution in [3.05, 3.63) is 69.0 Å². The van der Waals surface area contributed by atoms with Gasteiger partial charge in [0.2, 0.25) is 5.82 Å². The Labute approximate surface area is 174 Å². The first-order chi connectivity index (χ1) is 13.9. The van der Waals surface area contributed by atoms with E-state index in [1.165, 1.54) is 17.7 Å². The molecule has 29 heavy (non-hydrogen) atoms. The molecule has 2 aromatic heterocycles. The Hall–Kier alpha value is -3.30. The maximum atomic E-state index is 11.8. The molecule has 2 heterocycles. The van der Waals surface area contributed by atoms with Crippen molar-refractivity contribution in [2.24, 2.45) is 0 Å². The lowest BCUT2D eigenvalue weighted by atomic mass is 10.1. The van der Waals surface area contributed by atoms with Crippen LogP contribution < -0.4 is 10.1 Å². The molecule has 0 fully saturated rings. The molecule has 0 atom stereocenters. The summed E-state index contributed by atoms with van der Waals surface area (Å²) in [5, 5.41) is 15.8. The summed E-state index contributed by atoms with van der Waals surface area (Å²) in [6, 6.07) is 11.0. The molecule has 0 unspecified atom stereocenters. The van der Waals surface area contributed by atoms with E-state index in [9.17, 15) is 10.1 Å². The van der Waals surface area contributed by atoms with Crippen LogP contribution in [0.2, 0.25) is 5.02 Å². The normalized spacial score (nSPS) is 10.9. The Kier molecular flexibility index (Phi) is 4.99. The van der Waals surface area contributed by atoms with Gasteiger partial charge in [0.05, 0.1) is 15.1 Å². The quantitative estimate of drug-likeness (QED) is 0.317. The summed E-state index contributed by atoms with van der Waals surface area (Å²) in [5.41, 5.74) is 2.01. The van der Waals surface area contributed by atoms with Crippen LogP contribution in [0.25, 0.3) is 10.2 Å². The maximum Gasteiger partial charge on any atom is 0.373 e. The van der Waals surface area contributed by atoms with E-state index in [4.69, 9.17) is 16.3 Å². The molecule has 0 radical (unpaired) electrons. The van der Waals surface area contributed by atoms with Gasteiger partial charge in [0.25, 0.3) is 0 Å². The molecule has 0 aliphatic carbocycles. The molecule has 10 heteroatoms. The van der Waals surface area contributed by atoms with Crippen LogP contribution in [0.4, 0.5) is 16.6 Å². The number of nitro groups is 1. The fourth-order valence-electron chi connectivity index (χ4n) is 2.80. The Balaban J connectivity index is 1.71. The summed E-state index contributed by atoms with van der Waals surface area (Å²) >= 11 is 7.55. The minimum atomic E-state index is -0.583.